The molecule has 6 nitrogen and oxygen atoms in total. The SMILES string of the molecule is O=C(C[C@@H]1CON(CC(F)(F)F)C1=O)c1cc(NC(=O)C2C(c3cc(Cl)c(Cl)c(Cl)c3)C2(Cl)Cl)ccc1Cl. The van der Waals surface area contributed by atoms with Gasteiger partial charge in [-0.3, -0.25) is 19.2 Å². The van der Waals surface area contributed by atoms with Gasteiger partial charge in [-0.05, 0) is 35.9 Å². The van der Waals surface area contributed by atoms with E-state index in [4.69, 9.17) is 74.4 Å². The molecule has 2 aromatic carbocycles. The molecule has 3 atom stereocenters. The topological polar surface area (TPSA) is 75.7 Å². The minimum absolute atomic E-state index is 0.0188. The van der Waals surface area contributed by atoms with Crippen LogP contribution in [0.15, 0.2) is 30.3 Å². The van der Waals surface area contributed by atoms with Crippen molar-refractivity contribution in [1.82, 2.24) is 5.06 Å². The fourth-order valence-electron chi connectivity index (χ4n) is 4.14. The van der Waals surface area contributed by atoms with Crippen molar-refractivity contribution in [2.24, 2.45) is 11.8 Å². The Bertz CT molecular complexity index is 1300. The van der Waals surface area contributed by atoms with E-state index in [-0.39, 0.29) is 43.0 Å². The van der Waals surface area contributed by atoms with Gasteiger partial charge in [-0.1, -0.05) is 46.4 Å². The van der Waals surface area contributed by atoms with Crippen LogP contribution in [-0.2, 0) is 14.4 Å². The van der Waals surface area contributed by atoms with E-state index in [1.165, 1.54) is 30.3 Å². The van der Waals surface area contributed by atoms with Gasteiger partial charge in [0.05, 0.1) is 38.5 Å². The molecule has 2 unspecified atom stereocenters. The predicted molar refractivity (Wildman–Crippen MR) is 138 cm³/mol. The Balaban J connectivity index is 1.45. The molecule has 2 aromatic rings. The molecule has 1 heterocycles. The van der Waals surface area contributed by atoms with Crippen molar-refractivity contribution in [3.05, 3.63) is 61.5 Å². The van der Waals surface area contributed by atoms with E-state index in [1.54, 1.807) is 0 Å². The van der Waals surface area contributed by atoms with Gasteiger partial charge < -0.3 is 5.32 Å². The number of benzene rings is 2. The molecule has 1 aliphatic carbocycles. The molecular formula is C23H15Cl6F3N2O4. The van der Waals surface area contributed by atoms with Crippen LogP contribution < -0.4 is 5.32 Å². The van der Waals surface area contributed by atoms with Gasteiger partial charge in [0.2, 0.25) is 5.91 Å². The lowest BCUT2D eigenvalue weighted by molar-refractivity contribution is -0.214. The van der Waals surface area contributed by atoms with Crippen molar-refractivity contribution in [3.63, 3.8) is 0 Å². The van der Waals surface area contributed by atoms with Crippen molar-refractivity contribution >= 4 is 92.9 Å². The number of halogens is 9. The van der Waals surface area contributed by atoms with E-state index >= 15 is 0 Å². The highest BCUT2D eigenvalue weighted by molar-refractivity contribution is 6.54. The molecule has 1 saturated carbocycles. The van der Waals surface area contributed by atoms with E-state index in [1.807, 2.05) is 0 Å². The summed E-state index contributed by atoms with van der Waals surface area (Å²) in [5, 5.41) is 3.30. The van der Waals surface area contributed by atoms with Gasteiger partial charge in [-0.15, -0.1) is 23.2 Å². The lowest BCUT2D eigenvalue weighted by Gasteiger charge is -2.16. The van der Waals surface area contributed by atoms with Gasteiger partial charge in [0, 0.05) is 23.6 Å². The summed E-state index contributed by atoms with van der Waals surface area (Å²) in [4.78, 5) is 42.9. The Morgan fingerprint density at radius 1 is 1.05 bits per heavy atom. The third-order valence-corrected chi connectivity index (χ3v) is 8.48. The van der Waals surface area contributed by atoms with Gasteiger partial charge in [0.1, 0.15) is 10.9 Å². The molecule has 15 heteroatoms. The molecule has 0 bridgehead atoms. The van der Waals surface area contributed by atoms with Crippen LogP contribution in [0.3, 0.4) is 0 Å². The minimum atomic E-state index is -4.65. The third kappa shape index (κ3) is 6.14. The van der Waals surface area contributed by atoms with Crippen molar-refractivity contribution < 1.29 is 32.4 Å². The highest BCUT2D eigenvalue weighted by atomic mass is 35.5. The summed E-state index contributed by atoms with van der Waals surface area (Å²) >= 11 is 37.0. The van der Waals surface area contributed by atoms with E-state index in [0.29, 0.717) is 5.56 Å². The third-order valence-electron chi connectivity index (χ3n) is 6.02. The molecule has 0 spiro atoms. The molecule has 2 amide bonds. The second-order valence-electron chi connectivity index (χ2n) is 8.72. The first kappa shape index (κ1) is 29.5. The molecule has 1 N–H and O–H groups in total. The summed E-state index contributed by atoms with van der Waals surface area (Å²) in [6, 6.07) is 7.09. The number of hydrogen-bond donors (Lipinski definition) is 1. The number of rotatable bonds is 7. The number of ketones is 1. The second kappa shape index (κ2) is 10.8. The quantitative estimate of drug-likeness (QED) is 0.193. The molecule has 204 valence electrons. The number of nitrogens with zero attached hydrogens (tertiary/aromatic N) is 1. The molecule has 1 saturated heterocycles. The number of Topliss-reactive ketones (excluding diaryl/α,β-unsaturated/α-hetero) is 1. The Morgan fingerprint density at radius 2 is 1.68 bits per heavy atom. The maximum Gasteiger partial charge on any atom is 0.408 e. The summed E-state index contributed by atoms with van der Waals surface area (Å²) in [6.45, 7) is -1.97. The van der Waals surface area contributed by atoms with Crippen molar-refractivity contribution in [2.75, 3.05) is 18.5 Å². The zero-order valence-corrected chi connectivity index (χ0v) is 23.3. The Hall–Kier alpha value is -1.46. The lowest BCUT2D eigenvalue weighted by atomic mass is 9.98. The van der Waals surface area contributed by atoms with E-state index in [0.717, 1.165) is 0 Å². The van der Waals surface area contributed by atoms with Crippen LogP contribution in [0, 0.1) is 11.8 Å². The molecule has 2 fully saturated rings. The first-order chi connectivity index (χ1) is 17.6. The largest absolute Gasteiger partial charge is 0.408 e. The average molecular weight is 653 g/mol. The van der Waals surface area contributed by atoms with Crippen molar-refractivity contribution in [2.45, 2.75) is 22.8 Å². The zero-order chi connectivity index (χ0) is 28.2. The number of carbonyl (C=O) groups is 3. The van der Waals surface area contributed by atoms with Crippen LogP contribution in [0.1, 0.15) is 28.3 Å². The summed E-state index contributed by atoms with van der Waals surface area (Å²) in [7, 11) is 0. The smallest absolute Gasteiger partial charge is 0.326 e. The number of amides is 2. The van der Waals surface area contributed by atoms with Gasteiger partial charge in [-0.25, -0.2) is 5.06 Å². The number of alkyl halides is 5. The maximum absolute atomic E-state index is 13.0. The number of hydrogen-bond acceptors (Lipinski definition) is 4. The standard InChI is InChI=1S/C23H15Cl6F3N2O4/c24-13-2-1-11(6-12(13)16(35)5-10-7-38-34(21(10)37)8-22(30,31)32)33-20(36)18-17(23(18,28)29)9-3-14(25)19(27)15(26)4-9/h1-4,6,10,17-18H,5,7-8H2,(H,33,36)/t10-,17?,18?/m1/s1. The van der Waals surface area contributed by atoms with E-state index in [2.05, 4.69) is 5.32 Å². The van der Waals surface area contributed by atoms with Gasteiger partial charge in [-0.2, -0.15) is 13.2 Å². The van der Waals surface area contributed by atoms with E-state index < -0.39 is 58.8 Å². The molecule has 2 aliphatic rings. The lowest BCUT2D eigenvalue weighted by Crippen LogP contribution is -2.35. The summed E-state index contributed by atoms with van der Waals surface area (Å²) in [6.07, 6.45) is -5.10. The molecule has 4 rings (SSSR count). The monoisotopic (exact) mass is 650 g/mol. The van der Waals surface area contributed by atoms with Gasteiger partial charge in [0.15, 0.2) is 5.78 Å². The van der Waals surface area contributed by atoms with Crippen LogP contribution in [0.2, 0.25) is 20.1 Å². The van der Waals surface area contributed by atoms with E-state index in [9.17, 15) is 27.6 Å². The summed E-state index contributed by atoms with van der Waals surface area (Å²) in [5.74, 6) is -4.82. The first-order valence-electron chi connectivity index (χ1n) is 10.8. The van der Waals surface area contributed by atoms with Crippen molar-refractivity contribution in [1.29, 1.82) is 0 Å². The van der Waals surface area contributed by atoms with Crippen molar-refractivity contribution in [3.8, 4) is 0 Å². The number of anilines is 1. The fourth-order valence-corrected chi connectivity index (χ4v) is 5.81. The molecule has 1 aliphatic heterocycles. The normalized spacial score (nSPS) is 22.5. The van der Waals surface area contributed by atoms with Crippen LogP contribution in [-0.4, -0.2) is 46.3 Å². The fraction of sp³-hybridized carbons (Fsp3) is 0.348. The zero-order valence-electron chi connectivity index (χ0n) is 18.7. The molecule has 38 heavy (non-hydrogen) atoms. The van der Waals surface area contributed by atoms with Crippen LogP contribution in [0.5, 0.6) is 0 Å². The Morgan fingerprint density at radius 3 is 2.29 bits per heavy atom. The molecular weight excluding hydrogens is 638 g/mol. The number of nitrogens with one attached hydrogen (secondary N) is 1. The van der Waals surface area contributed by atoms with Crippen LogP contribution in [0.25, 0.3) is 0 Å². The van der Waals surface area contributed by atoms with Gasteiger partial charge >= 0.3 is 6.18 Å². The minimum Gasteiger partial charge on any atom is -0.326 e. The number of hydroxylamine groups is 2. The van der Waals surface area contributed by atoms with Crippen LogP contribution in [0.4, 0.5) is 18.9 Å². The summed E-state index contributed by atoms with van der Waals surface area (Å²) < 4.78 is 36.3. The Labute approximate surface area is 244 Å². The summed E-state index contributed by atoms with van der Waals surface area (Å²) in [5.41, 5.74) is 0.639. The predicted octanol–water partition coefficient (Wildman–Crippen LogP) is 7.35. The highest BCUT2D eigenvalue weighted by Gasteiger charge is 2.67. The van der Waals surface area contributed by atoms with Crippen LogP contribution >= 0.6 is 69.6 Å². The second-order valence-corrected chi connectivity index (χ2v) is 11.8. The molecule has 0 radical (unpaired) electrons. The molecule has 0 aromatic heterocycles. The van der Waals surface area contributed by atoms with Gasteiger partial charge in [0.25, 0.3) is 5.91 Å². The first-order valence-corrected chi connectivity index (χ1v) is 13.0. The average Bonchev–Trinajstić information content (AvgIpc) is 3.26. The highest BCUT2D eigenvalue weighted by Crippen LogP contribution is 2.65. The number of carbonyl (C=O) groups excluding carboxylic acids is 3. The Kier molecular flexibility index (Phi) is 8.42. The maximum atomic E-state index is 13.0.